The number of aliphatic imine (C=N–C) groups is 1. The molecule has 2 rings (SSSR count). The van der Waals surface area contributed by atoms with Crippen LogP contribution in [-0.4, -0.2) is 64.3 Å². The minimum atomic E-state index is 0. The molecular formula is C23H40IN3O4. The first-order valence-electron chi connectivity index (χ1n) is 11.3. The number of nitrogens with zero attached hydrogens (tertiary/aromatic N) is 1. The maximum atomic E-state index is 5.72. The first-order chi connectivity index (χ1) is 14.7. The monoisotopic (exact) mass is 549 g/mol. The van der Waals surface area contributed by atoms with Gasteiger partial charge in [-0.3, -0.25) is 4.99 Å². The first kappa shape index (κ1) is 27.9. The van der Waals surface area contributed by atoms with Gasteiger partial charge in [0.15, 0.2) is 5.96 Å². The van der Waals surface area contributed by atoms with Crippen LogP contribution < -0.4 is 15.4 Å². The van der Waals surface area contributed by atoms with E-state index in [2.05, 4.69) is 15.6 Å². The largest absolute Gasteiger partial charge is 0.491 e. The molecule has 7 nitrogen and oxygen atoms in total. The molecule has 1 aliphatic rings. The number of anilines is 1. The number of rotatable bonds is 14. The molecule has 1 saturated heterocycles. The summed E-state index contributed by atoms with van der Waals surface area (Å²) in [7, 11) is 0. The molecule has 2 N–H and O–H groups in total. The maximum Gasteiger partial charge on any atom is 0.195 e. The van der Waals surface area contributed by atoms with Gasteiger partial charge >= 0.3 is 0 Å². The second kappa shape index (κ2) is 17.5. The number of guanidine groups is 1. The Hall–Kier alpha value is -1.10. The molecule has 1 aromatic rings. The van der Waals surface area contributed by atoms with Gasteiger partial charge in [-0.15, -0.1) is 24.0 Å². The molecular weight excluding hydrogens is 509 g/mol. The molecule has 0 bridgehead atoms. The third-order valence-electron chi connectivity index (χ3n) is 4.50. The van der Waals surface area contributed by atoms with Crippen molar-refractivity contribution in [3.63, 3.8) is 0 Å². The quantitative estimate of drug-likeness (QED) is 0.155. The van der Waals surface area contributed by atoms with Crippen molar-refractivity contribution in [1.82, 2.24) is 5.32 Å². The van der Waals surface area contributed by atoms with E-state index < -0.39 is 0 Å². The fraction of sp³-hybridized carbons (Fsp3) is 0.696. The summed E-state index contributed by atoms with van der Waals surface area (Å²) in [6.07, 6.45) is 4.50. The summed E-state index contributed by atoms with van der Waals surface area (Å²) in [5, 5.41) is 6.74. The predicted molar refractivity (Wildman–Crippen MR) is 137 cm³/mol. The van der Waals surface area contributed by atoms with E-state index in [1.54, 1.807) is 0 Å². The number of halogens is 1. The van der Waals surface area contributed by atoms with Crippen LogP contribution in [0.1, 0.15) is 46.5 Å². The first-order valence-corrected chi connectivity index (χ1v) is 11.3. The van der Waals surface area contributed by atoms with Gasteiger partial charge in [-0.05, 0) is 70.7 Å². The van der Waals surface area contributed by atoms with E-state index in [0.717, 1.165) is 69.4 Å². The van der Waals surface area contributed by atoms with Gasteiger partial charge in [0, 0.05) is 45.2 Å². The topological polar surface area (TPSA) is 73.3 Å². The smallest absolute Gasteiger partial charge is 0.195 e. The molecule has 178 valence electrons. The zero-order chi connectivity index (χ0) is 21.4. The van der Waals surface area contributed by atoms with Gasteiger partial charge in [-0.25, -0.2) is 0 Å². The van der Waals surface area contributed by atoms with Crippen molar-refractivity contribution in [2.75, 3.05) is 51.4 Å². The molecule has 0 aromatic heterocycles. The molecule has 1 fully saturated rings. The predicted octanol–water partition coefficient (Wildman–Crippen LogP) is 4.46. The SMILES string of the molecule is CCOCCCNC(=NCCCOCC1CCCO1)Nc1ccc(OC(C)C)cc1.I. The summed E-state index contributed by atoms with van der Waals surface area (Å²) in [6, 6.07) is 7.93. The average Bonchev–Trinajstić information content (AvgIpc) is 3.24. The Balaban J connectivity index is 0.00000480. The molecule has 1 unspecified atom stereocenters. The minimum absolute atomic E-state index is 0. The van der Waals surface area contributed by atoms with Crippen molar-refractivity contribution in [3.05, 3.63) is 24.3 Å². The number of benzene rings is 1. The van der Waals surface area contributed by atoms with Crippen LogP contribution in [-0.2, 0) is 14.2 Å². The van der Waals surface area contributed by atoms with Crippen LogP contribution in [0, 0.1) is 0 Å². The lowest BCUT2D eigenvalue weighted by molar-refractivity contribution is 0.0171. The van der Waals surface area contributed by atoms with Gasteiger partial charge in [-0.1, -0.05) is 0 Å². The van der Waals surface area contributed by atoms with Crippen LogP contribution >= 0.6 is 24.0 Å². The van der Waals surface area contributed by atoms with Crippen molar-refractivity contribution in [2.24, 2.45) is 4.99 Å². The van der Waals surface area contributed by atoms with E-state index in [-0.39, 0.29) is 36.2 Å². The molecule has 8 heteroatoms. The maximum absolute atomic E-state index is 5.72. The number of ether oxygens (including phenoxy) is 4. The Kier molecular flexibility index (Phi) is 15.7. The van der Waals surface area contributed by atoms with Crippen molar-refractivity contribution >= 4 is 35.6 Å². The lowest BCUT2D eigenvalue weighted by atomic mass is 10.2. The van der Waals surface area contributed by atoms with Crippen LogP contribution in [0.25, 0.3) is 0 Å². The molecule has 0 radical (unpaired) electrons. The fourth-order valence-corrected chi connectivity index (χ4v) is 3.04. The van der Waals surface area contributed by atoms with E-state index in [0.29, 0.717) is 19.8 Å². The summed E-state index contributed by atoms with van der Waals surface area (Å²) in [5.74, 6) is 1.63. The summed E-state index contributed by atoms with van der Waals surface area (Å²) >= 11 is 0. The van der Waals surface area contributed by atoms with E-state index in [9.17, 15) is 0 Å². The van der Waals surface area contributed by atoms with Crippen molar-refractivity contribution < 1.29 is 18.9 Å². The number of hydrogen-bond acceptors (Lipinski definition) is 5. The Morgan fingerprint density at radius 3 is 2.61 bits per heavy atom. The lowest BCUT2D eigenvalue weighted by Crippen LogP contribution is -2.32. The van der Waals surface area contributed by atoms with Crippen LogP contribution in [0.2, 0.25) is 0 Å². The van der Waals surface area contributed by atoms with Gasteiger partial charge in [-0.2, -0.15) is 0 Å². The van der Waals surface area contributed by atoms with E-state index in [4.69, 9.17) is 18.9 Å². The highest BCUT2D eigenvalue weighted by Gasteiger charge is 2.14. The second-order valence-corrected chi connectivity index (χ2v) is 7.59. The normalized spacial score (nSPS) is 16.3. The van der Waals surface area contributed by atoms with Gasteiger partial charge in [0.2, 0.25) is 0 Å². The zero-order valence-electron chi connectivity index (χ0n) is 19.2. The van der Waals surface area contributed by atoms with Gasteiger partial charge < -0.3 is 29.6 Å². The molecule has 0 spiro atoms. The summed E-state index contributed by atoms with van der Waals surface area (Å²) in [6.45, 7) is 11.3. The number of nitrogens with one attached hydrogen (secondary N) is 2. The summed E-state index contributed by atoms with van der Waals surface area (Å²) in [4.78, 5) is 4.69. The standard InChI is InChI=1S/C23H39N3O4.HI/c1-4-27-15-6-13-24-23(25-14-7-16-28-18-22-8-5-17-29-22)26-20-9-11-21(12-10-20)30-19(2)3;/h9-12,19,22H,4-8,13-18H2,1-3H3,(H2,24,25,26);1H. The lowest BCUT2D eigenvalue weighted by Gasteiger charge is -2.14. The highest BCUT2D eigenvalue weighted by molar-refractivity contribution is 14.0. The van der Waals surface area contributed by atoms with Crippen LogP contribution in [0.5, 0.6) is 5.75 Å². The van der Waals surface area contributed by atoms with Gasteiger partial charge in [0.25, 0.3) is 0 Å². The van der Waals surface area contributed by atoms with Crippen LogP contribution in [0.15, 0.2) is 29.3 Å². The molecule has 1 aliphatic heterocycles. The molecule has 0 aliphatic carbocycles. The molecule has 1 heterocycles. The number of hydrogen-bond donors (Lipinski definition) is 2. The van der Waals surface area contributed by atoms with Crippen molar-refractivity contribution in [1.29, 1.82) is 0 Å². The molecule has 31 heavy (non-hydrogen) atoms. The third-order valence-corrected chi connectivity index (χ3v) is 4.50. The molecule has 1 atom stereocenters. The van der Waals surface area contributed by atoms with Gasteiger partial charge in [0.1, 0.15) is 5.75 Å². The zero-order valence-corrected chi connectivity index (χ0v) is 21.6. The van der Waals surface area contributed by atoms with Crippen LogP contribution in [0.4, 0.5) is 5.69 Å². The van der Waals surface area contributed by atoms with E-state index >= 15 is 0 Å². The average molecular weight is 549 g/mol. The second-order valence-electron chi connectivity index (χ2n) is 7.59. The highest BCUT2D eigenvalue weighted by atomic mass is 127. The molecule has 0 amide bonds. The Morgan fingerprint density at radius 2 is 1.94 bits per heavy atom. The van der Waals surface area contributed by atoms with Crippen LogP contribution in [0.3, 0.4) is 0 Å². The summed E-state index contributed by atoms with van der Waals surface area (Å²) in [5.41, 5.74) is 0.969. The minimum Gasteiger partial charge on any atom is -0.491 e. The fourth-order valence-electron chi connectivity index (χ4n) is 3.04. The third kappa shape index (κ3) is 13.1. The van der Waals surface area contributed by atoms with Gasteiger partial charge in [0.05, 0.1) is 18.8 Å². The van der Waals surface area contributed by atoms with E-state index in [1.165, 1.54) is 0 Å². The van der Waals surface area contributed by atoms with Crippen molar-refractivity contribution in [3.8, 4) is 5.75 Å². The Bertz CT molecular complexity index is 593. The molecule has 1 aromatic carbocycles. The summed E-state index contributed by atoms with van der Waals surface area (Å²) < 4.78 is 22.4. The Morgan fingerprint density at radius 1 is 1.16 bits per heavy atom. The van der Waals surface area contributed by atoms with E-state index in [1.807, 2.05) is 45.0 Å². The Labute approximate surface area is 204 Å². The molecule has 0 saturated carbocycles. The highest BCUT2D eigenvalue weighted by Crippen LogP contribution is 2.17. The van der Waals surface area contributed by atoms with Crippen molar-refractivity contribution in [2.45, 2.75) is 58.7 Å².